The zero-order valence-corrected chi connectivity index (χ0v) is 13.2. The first-order chi connectivity index (χ1) is 11.0. The Labute approximate surface area is 133 Å². The molecule has 1 saturated carbocycles. The van der Waals surface area contributed by atoms with Crippen molar-refractivity contribution < 1.29 is 27.8 Å². The Balaban J connectivity index is 1.94. The topological polar surface area (TPSA) is 68.8 Å². The van der Waals surface area contributed by atoms with E-state index in [1.54, 1.807) is 0 Å². The van der Waals surface area contributed by atoms with E-state index in [1.165, 1.54) is 14.2 Å². The Kier molecular flexibility index (Phi) is 5.73. The molecule has 1 aliphatic carbocycles. The first-order valence-electron chi connectivity index (χ1n) is 7.25. The summed E-state index contributed by atoms with van der Waals surface area (Å²) >= 11 is 0. The molecule has 0 radical (unpaired) electrons. The van der Waals surface area contributed by atoms with Gasteiger partial charge in [-0.05, 0) is 13.3 Å². The molecule has 2 N–H and O–H groups in total. The lowest BCUT2D eigenvalue weighted by Crippen LogP contribution is -2.61. The van der Waals surface area contributed by atoms with E-state index in [0.717, 1.165) is 12.1 Å². The average molecular weight is 330 g/mol. The van der Waals surface area contributed by atoms with Gasteiger partial charge < -0.3 is 24.8 Å². The van der Waals surface area contributed by atoms with Gasteiger partial charge in [0.2, 0.25) is 0 Å². The number of methoxy groups -OCH3 is 2. The van der Waals surface area contributed by atoms with Crippen LogP contribution in [0.25, 0.3) is 0 Å². The highest BCUT2D eigenvalue weighted by molar-refractivity contribution is 5.89. The number of halogens is 2. The van der Waals surface area contributed by atoms with Gasteiger partial charge in [0.05, 0.1) is 24.9 Å². The Morgan fingerprint density at radius 3 is 2.65 bits per heavy atom. The summed E-state index contributed by atoms with van der Waals surface area (Å²) in [6.45, 7) is 2.43. The Morgan fingerprint density at radius 1 is 1.30 bits per heavy atom. The average Bonchev–Trinajstić information content (AvgIpc) is 2.49. The Hall–Kier alpha value is -1.93. The van der Waals surface area contributed by atoms with Gasteiger partial charge >= 0.3 is 6.03 Å². The highest BCUT2D eigenvalue weighted by Gasteiger charge is 2.43. The van der Waals surface area contributed by atoms with Gasteiger partial charge in [-0.3, -0.25) is 0 Å². The molecule has 0 saturated heterocycles. The summed E-state index contributed by atoms with van der Waals surface area (Å²) < 4.78 is 42.7. The van der Waals surface area contributed by atoms with E-state index in [-0.39, 0.29) is 29.7 Å². The van der Waals surface area contributed by atoms with Gasteiger partial charge in [-0.15, -0.1) is 0 Å². The molecule has 128 valence electrons. The molecule has 2 amide bonds. The SMILES string of the molecule is CCO[C@@H]1C[C@@H](NC(=O)Nc2cc(F)c(OC)cc2F)[C@H]1OC. The van der Waals surface area contributed by atoms with Gasteiger partial charge in [0.25, 0.3) is 0 Å². The van der Waals surface area contributed by atoms with Crippen LogP contribution in [0.2, 0.25) is 0 Å². The summed E-state index contributed by atoms with van der Waals surface area (Å²) in [5.41, 5.74) is -0.268. The van der Waals surface area contributed by atoms with Crippen LogP contribution in [-0.4, -0.2) is 45.1 Å². The van der Waals surface area contributed by atoms with Crippen molar-refractivity contribution in [3.05, 3.63) is 23.8 Å². The molecule has 3 atom stereocenters. The van der Waals surface area contributed by atoms with Crippen LogP contribution in [0.1, 0.15) is 13.3 Å². The zero-order chi connectivity index (χ0) is 17.0. The maximum atomic E-state index is 13.8. The minimum absolute atomic E-state index is 0.0783. The van der Waals surface area contributed by atoms with E-state index in [1.807, 2.05) is 6.92 Å². The molecule has 6 nitrogen and oxygen atoms in total. The van der Waals surface area contributed by atoms with Crippen molar-refractivity contribution in [2.24, 2.45) is 0 Å². The quantitative estimate of drug-likeness (QED) is 0.840. The lowest BCUT2D eigenvalue weighted by molar-refractivity contribution is -0.128. The van der Waals surface area contributed by atoms with Crippen molar-refractivity contribution in [2.75, 3.05) is 26.1 Å². The molecule has 2 rings (SSSR count). The molecule has 1 aromatic carbocycles. The molecule has 0 heterocycles. The number of amides is 2. The molecule has 8 heteroatoms. The van der Waals surface area contributed by atoms with Gasteiger partial charge in [-0.25, -0.2) is 13.6 Å². The van der Waals surface area contributed by atoms with Crippen molar-refractivity contribution >= 4 is 11.7 Å². The second-order valence-electron chi connectivity index (χ2n) is 5.10. The Bertz CT molecular complexity index is 571. The third-order valence-electron chi connectivity index (χ3n) is 3.71. The van der Waals surface area contributed by atoms with E-state index >= 15 is 0 Å². The van der Waals surface area contributed by atoms with E-state index in [2.05, 4.69) is 15.4 Å². The highest BCUT2D eigenvalue weighted by Crippen LogP contribution is 2.28. The third-order valence-corrected chi connectivity index (χ3v) is 3.71. The van der Waals surface area contributed by atoms with Gasteiger partial charge in [0.15, 0.2) is 17.4 Å². The second kappa shape index (κ2) is 7.56. The molecule has 0 bridgehead atoms. The van der Waals surface area contributed by atoms with E-state index in [4.69, 9.17) is 9.47 Å². The monoisotopic (exact) mass is 330 g/mol. The fourth-order valence-electron chi connectivity index (χ4n) is 2.52. The van der Waals surface area contributed by atoms with Crippen LogP contribution in [0.5, 0.6) is 5.75 Å². The first-order valence-corrected chi connectivity index (χ1v) is 7.25. The van der Waals surface area contributed by atoms with Crippen LogP contribution < -0.4 is 15.4 Å². The molecule has 23 heavy (non-hydrogen) atoms. The van der Waals surface area contributed by atoms with Gasteiger partial charge in [-0.1, -0.05) is 0 Å². The van der Waals surface area contributed by atoms with Gasteiger partial charge in [-0.2, -0.15) is 0 Å². The first kappa shape index (κ1) is 17.4. The van der Waals surface area contributed by atoms with Gasteiger partial charge in [0.1, 0.15) is 6.10 Å². The lowest BCUT2D eigenvalue weighted by Gasteiger charge is -2.43. The largest absolute Gasteiger partial charge is 0.494 e. The van der Waals surface area contributed by atoms with E-state index in [9.17, 15) is 13.6 Å². The van der Waals surface area contributed by atoms with Crippen molar-refractivity contribution in [3.8, 4) is 5.75 Å². The maximum Gasteiger partial charge on any atom is 0.319 e. The van der Waals surface area contributed by atoms with Crippen molar-refractivity contribution in [3.63, 3.8) is 0 Å². The number of ether oxygens (including phenoxy) is 3. The van der Waals surface area contributed by atoms with Crippen molar-refractivity contribution in [1.29, 1.82) is 0 Å². The van der Waals surface area contributed by atoms with Crippen molar-refractivity contribution in [1.82, 2.24) is 5.32 Å². The number of benzene rings is 1. The fraction of sp³-hybridized carbons (Fsp3) is 0.533. The summed E-state index contributed by atoms with van der Waals surface area (Å²) in [6, 6.07) is 0.848. The molecule has 0 aromatic heterocycles. The summed E-state index contributed by atoms with van der Waals surface area (Å²) in [4.78, 5) is 11.9. The molecule has 0 unspecified atom stereocenters. The predicted octanol–water partition coefficient (Wildman–Crippen LogP) is 2.29. The minimum Gasteiger partial charge on any atom is -0.494 e. The number of hydrogen-bond donors (Lipinski definition) is 2. The van der Waals surface area contributed by atoms with Crippen molar-refractivity contribution in [2.45, 2.75) is 31.6 Å². The highest BCUT2D eigenvalue weighted by atomic mass is 19.1. The number of carbonyl (C=O) groups excluding carboxylic acids is 1. The number of nitrogens with one attached hydrogen (secondary N) is 2. The van der Waals surface area contributed by atoms with E-state index in [0.29, 0.717) is 13.0 Å². The summed E-state index contributed by atoms with van der Waals surface area (Å²) in [7, 11) is 2.76. The molecule has 1 aliphatic rings. The van der Waals surface area contributed by atoms with Crippen LogP contribution in [0.4, 0.5) is 19.3 Å². The molecule has 1 fully saturated rings. The standard InChI is InChI=1S/C15H20F2N2O4/c1-4-23-13-7-11(14(13)22-3)19-15(20)18-10-5-9(17)12(21-2)6-8(10)16/h5-6,11,13-14H,4,7H2,1-3H3,(H2,18,19,20)/t11-,13-,14-/m1/s1. The smallest absolute Gasteiger partial charge is 0.319 e. The van der Waals surface area contributed by atoms with Crippen LogP contribution >= 0.6 is 0 Å². The second-order valence-corrected chi connectivity index (χ2v) is 5.10. The molecular weight excluding hydrogens is 310 g/mol. The van der Waals surface area contributed by atoms with Crippen LogP contribution in [0.3, 0.4) is 0 Å². The predicted molar refractivity (Wildman–Crippen MR) is 79.7 cm³/mol. The van der Waals surface area contributed by atoms with Crippen LogP contribution in [0, 0.1) is 11.6 Å². The summed E-state index contributed by atoms with van der Waals surface area (Å²) in [6.07, 6.45) is 0.253. The number of urea groups is 1. The summed E-state index contributed by atoms with van der Waals surface area (Å²) in [5, 5.41) is 4.93. The molecular formula is C15H20F2N2O4. The maximum absolute atomic E-state index is 13.8. The fourth-order valence-corrected chi connectivity index (χ4v) is 2.52. The van der Waals surface area contributed by atoms with Crippen LogP contribution in [-0.2, 0) is 9.47 Å². The number of rotatable bonds is 6. The number of carbonyl (C=O) groups is 1. The van der Waals surface area contributed by atoms with Gasteiger partial charge in [0, 0.05) is 25.8 Å². The minimum atomic E-state index is -0.789. The summed E-state index contributed by atoms with van der Waals surface area (Å²) in [5.74, 6) is -1.78. The lowest BCUT2D eigenvalue weighted by atomic mass is 9.85. The third kappa shape index (κ3) is 3.89. The van der Waals surface area contributed by atoms with E-state index < -0.39 is 17.7 Å². The molecule has 0 aliphatic heterocycles. The molecule has 1 aromatic rings. The normalized spacial score (nSPS) is 23.1. The Morgan fingerprint density at radius 2 is 2.04 bits per heavy atom. The number of anilines is 1. The number of hydrogen-bond acceptors (Lipinski definition) is 4. The van der Waals surface area contributed by atoms with Crippen LogP contribution in [0.15, 0.2) is 12.1 Å². The zero-order valence-electron chi connectivity index (χ0n) is 13.2. The molecule has 0 spiro atoms.